The van der Waals surface area contributed by atoms with Gasteiger partial charge in [0, 0.05) is 43.8 Å². The number of nitriles is 1. The van der Waals surface area contributed by atoms with Crippen LogP contribution in [0, 0.1) is 24.1 Å². The van der Waals surface area contributed by atoms with Crippen LogP contribution >= 0.6 is 0 Å². The van der Waals surface area contributed by atoms with E-state index in [1.807, 2.05) is 31.2 Å². The van der Waals surface area contributed by atoms with Crippen molar-refractivity contribution in [1.29, 1.82) is 5.26 Å². The molecule has 5 nitrogen and oxygen atoms in total. The first-order valence-corrected chi connectivity index (χ1v) is 9.78. The fourth-order valence-electron chi connectivity index (χ4n) is 3.51. The van der Waals surface area contributed by atoms with E-state index in [0.29, 0.717) is 26.2 Å². The number of benzene rings is 2. The van der Waals surface area contributed by atoms with Crippen LogP contribution in [0.4, 0.5) is 15.8 Å². The second-order valence-corrected chi connectivity index (χ2v) is 7.03. The Morgan fingerprint density at radius 2 is 1.86 bits per heavy atom. The van der Waals surface area contributed by atoms with E-state index in [2.05, 4.69) is 17.1 Å². The maximum Gasteiger partial charge on any atom is 0.266 e. The Labute approximate surface area is 171 Å². The predicted molar refractivity (Wildman–Crippen MR) is 113 cm³/mol. The van der Waals surface area contributed by atoms with Crippen LogP contribution in [0.15, 0.2) is 54.2 Å². The standard InChI is InChI=1S/C23H25FN4O/c1-3-18-6-4-5-17(2)22(18)26-16-19(15-25)23(29)28-13-11-27(12-14-28)21-9-7-20(24)8-10-21/h4-10,16,26H,3,11-14H2,1-2H3/b19-16-. The minimum absolute atomic E-state index is 0.0885. The lowest BCUT2D eigenvalue weighted by Gasteiger charge is -2.36. The lowest BCUT2D eigenvalue weighted by Crippen LogP contribution is -2.49. The van der Waals surface area contributed by atoms with Crippen molar-refractivity contribution in [1.82, 2.24) is 4.90 Å². The van der Waals surface area contributed by atoms with Crippen molar-refractivity contribution in [2.75, 3.05) is 36.4 Å². The molecule has 2 aromatic carbocycles. The van der Waals surface area contributed by atoms with E-state index in [1.54, 1.807) is 17.0 Å². The molecule has 0 unspecified atom stereocenters. The van der Waals surface area contributed by atoms with Crippen LogP contribution in [0.1, 0.15) is 18.1 Å². The molecule has 1 amide bonds. The third-order valence-corrected chi connectivity index (χ3v) is 5.21. The summed E-state index contributed by atoms with van der Waals surface area (Å²) in [6.07, 6.45) is 2.37. The van der Waals surface area contributed by atoms with Gasteiger partial charge in [0.25, 0.3) is 5.91 Å². The number of para-hydroxylation sites is 1. The number of rotatable bonds is 5. The van der Waals surface area contributed by atoms with E-state index in [1.165, 1.54) is 18.3 Å². The molecular weight excluding hydrogens is 367 g/mol. The highest BCUT2D eigenvalue weighted by atomic mass is 19.1. The third kappa shape index (κ3) is 4.75. The molecule has 6 heteroatoms. The fraction of sp³-hybridized carbons (Fsp3) is 0.304. The second-order valence-electron chi connectivity index (χ2n) is 7.03. The number of carbonyl (C=O) groups excluding carboxylic acids is 1. The van der Waals surface area contributed by atoms with Crippen LogP contribution in [0.2, 0.25) is 0 Å². The molecule has 150 valence electrons. The summed E-state index contributed by atoms with van der Waals surface area (Å²) in [5, 5.41) is 12.7. The number of carbonyl (C=O) groups is 1. The minimum atomic E-state index is -0.273. The van der Waals surface area contributed by atoms with Crippen molar-refractivity contribution in [2.45, 2.75) is 20.3 Å². The Hall–Kier alpha value is -3.33. The van der Waals surface area contributed by atoms with E-state index in [9.17, 15) is 14.4 Å². The van der Waals surface area contributed by atoms with Crippen molar-refractivity contribution >= 4 is 17.3 Å². The molecule has 0 radical (unpaired) electrons. The molecular formula is C23H25FN4O. The fourth-order valence-corrected chi connectivity index (χ4v) is 3.51. The van der Waals surface area contributed by atoms with Crippen molar-refractivity contribution in [3.63, 3.8) is 0 Å². The van der Waals surface area contributed by atoms with Crippen LogP contribution in [0.3, 0.4) is 0 Å². The zero-order valence-corrected chi connectivity index (χ0v) is 16.8. The lowest BCUT2D eigenvalue weighted by molar-refractivity contribution is -0.127. The van der Waals surface area contributed by atoms with Gasteiger partial charge in [0.2, 0.25) is 0 Å². The van der Waals surface area contributed by atoms with Crippen LogP contribution in [-0.4, -0.2) is 37.0 Å². The van der Waals surface area contributed by atoms with Gasteiger partial charge in [-0.15, -0.1) is 0 Å². The summed E-state index contributed by atoms with van der Waals surface area (Å²) in [5.41, 5.74) is 4.17. The highest BCUT2D eigenvalue weighted by Gasteiger charge is 2.24. The van der Waals surface area contributed by atoms with Gasteiger partial charge in [-0.25, -0.2) is 4.39 Å². The number of hydrogen-bond donors (Lipinski definition) is 1. The summed E-state index contributed by atoms with van der Waals surface area (Å²) >= 11 is 0. The normalized spacial score (nSPS) is 14.5. The molecule has 1 fully saturated rings. The summed E-state index contributed by atoms with van der Waals surface area (Å²) in [6.45, 7) is 6.38. The molecule has 0 saturated carbocycles. The zero-order chi connectivity index (χ0) is 20.8. The van der Waals surface area contributed by atoms with E-state index in [0.717, 1.165) is 28.9 Å². The number of piperazine rings is 1. The van der Waals surface area contributed by atoms with Crippen LogP contribution in [-0.2, 0) is 11.2 Å². The predicted octanol–water partition coefficient (Wildman–Crippen LogP) is 3.86. The van der Waals surface area contributed by atoms with E-state index < -0.39 is 0 Å². The van der Waals surface area contributed by atoms with Crippen molar-refractivity contribution < 1.29 is 9.18 Å². The molecule has 1 aliphatic rings. The zero-order valence-electron chi connectivity index (χ0n) is 16.8. The van der Waals surface area contributed by atoms with Gasteiger partial charge in [-0.05, 0) is 48.7 Å². The van der Waals surface area contributed by atoms with Gasteiger partial charge in [0.15, 0.2) is 0 Å². The number of halogens is 1. The van der Waals surface area contributed by atoms with Crippen molar-refractivity contribution in [2.24, 2.45) is 0 Å². The molecule has 3 rings (SSSR count). The molecule has 1 aliphatic heterocycles. The van der Waals surface area contributed by atoms with Crippen molar-refractivity contribution in [3.05, 3.63) is 71.2 Å². The average Bonchev–Trinajstić information content (AvgIpc) is 2.75. The Morgan fingerprint density at radius 1 is 1.17 bits per heavy atom. The van der Waals surface area contributed by atoms with Gasteiger partial charge >= 0.3 is 0 Å². The van der Waals surface area contributed by atoms with E-state index >= 15 is 0 Å². The second kappa shape index (κ2) is 9.24. The molecule has 0 bridgehead atoms. The van der Waals surface area contributed by atoms with Gasteiger partial charge in [-0.2, -0.15) is 5.26 Å². The van der Waals surface area contributed by atoms with Gasteiger partial charge in [0.1, 0.15) is 17.5 Å². The maximum absolute atomic E-state index is 13.1. The average molecular weight is 392 g/mol. The van der Waals surface area contributed by atoms with Gasteiger partial charge in [-0.1, -0.05) is 25.1 Å². The van der Waals surface area contributed by atoms with Gasteiger partial charge in [-0.3, -0.25) is 4.79 Å². The van der Waals surface area contributed by atoms with Crippen LogP contribution in [0.25, 0.3) is 0 Å². The molecule has 0 aromatic heterocycles. The van der Waals surface area contributed by atoms with Crippen LogP contribution < -0.4 is 10.2 Å². The molecule has 1 heterocycles. The summed E-state index contributed by atoms with van der Waals surface area (Å²) in [6, 6.07) is 14.4. The molecule has 2 aromatic rings. The highest BCUT2D eigenvalue weighted by Crippen LogP contribution is 2.22. The van der Waals surface area contributed by atoms with E-state index in [4.69, 9.17) is 0 Å². The molecule has 1 saturated heterocycles. The van der Waals surface area contributed by atoms with Gasteiger partial charge in [0.05, 0.1) is 0 Å². The Kier molecular flexibility index (Phi) is 6.50. The number of aryl methyl sites for hydroxylation is 2. The minimum Gasteiger partial charge on any atom is -0.368 e. The van der Waals surface area contributed by atoms with E-state index in [-0.39, 0.29) is 17.3 Å². The first-order valence-electron chi connectivity index (χ1n) is 9.78. The molecule has 0 atom stereocenters. The van der Waals surface area contributed by atoms with Crippen molar-refractivity contribution in [3.8, 4) is 6.07 Å². The summed E-state index contributed by atoms with van der Waals surface area (Å²) < 4.78 is 13.1. The summed E-state index contributed by atoms with van der Waals surface area (Å²) in [5.74, 6) is -0.538. The number of amides is 1. The molecule has 0 spiro atoms. The smallest absolute Gasteiger partial charge is 0.266 e. The topological polar surface area (TPSA) is 59.4 Å². The SMILES string of the molecule is CCc1cccc(C)c1N/C=C(/C#N)C(=O)N1CCN(c2ccc(F)cc2)CC1. The number of anilines is 2. The maximum atomic E-state index is 13.1. The Morgan fingerprint density at radius 3 is 2.48 bits per heavy atom. The number of hydrogen-bond acceptors (Lipinski definition) is 4. The lowest BCUT2D eigenvalue weighted by atomic mass is 10.1. The molecule has 1 N–H and O–H groups in total. The first-order chi connectivity index (χ1) is 14.0. The third-order valence-electron chi connectivity index (χ3n) is 5.21. The quantitative estimate of drug-likeness (QED) is 0.620. The first kappa shape index (κ1) is 20.4. The monoisotopic (exact) mass is 392 g/mol. The van der Waals surface area contributed by atoms with Crippen LogP contribution in [0.5, 0.6) is 0 Å². The number of nitrogens with zero attached hydrogens (tertiary/aromatic N) is 3. The molecule has 29 heavy (non-hydrogen) atoms. The Bertz CT molecular complexity index is 938. The summed E-state index contributed by atoms with van der Waals surface area (Å²) in [4.78, 5) is 16.6. The van der Waals surface area contributed by atoms with Gasteiger partial charge < -0.3 is 15.1 Å². The highest BCUT2D eigenvalue weighted by molar-refractivity contribution is 5.97. The molecule has 0 aliphatic carbocycles. The Balaban J connectivity index is 1.65. The largest absolute Gasteiger partial charge is 0.368 e. The summed E-state index contributed by atoms with van der Waals surface area (Å²) in [7, 11) is 0. The number of nitrogens with one attached hydrogen (secondary N) is 1.